The molecule has 0 aliphatic carbocycles. The normalized spacial score (nSPS) is 25.0. The van der Waals surface area contributed by atoms with Gasteiger partial charge in [0.15, 0.2) is 0 Å². The van der Waals surface area contributed by atoms with Crippen LogP contribution in [-0.2, 0) is 9.53 Å². The van der Waals surface area contributed by atoms with Gasteiger partial charge in [0.05, 0.1) is 6.10 Å². The topological polar surface area (TPSA) is 38.7 Å². The molecule has 0 radical (unpaired) electrons. The van der Waals surface area contributed by atoms with Crippen molar-refractivity contribution in [1.29, 1.82) is 0 Å². The van der Waals surface area contributed by atoms with Gasteiger partial charge < -0.3 is 4.74 Å². The van der Waals surface area contributed by atoms with E-state index in [1.807, 2.05) is 0 Å². The molecule has 0 aromatic carbocycles. The Hall–Kier alpha value is -0.920. The molecule has 1 saturated heterocycles. The van der Waals surface area contributed by atoms with Crippen molar-refractivity contribution in [2.45, 2.75) is 18.9 Å². The molecule has 0 amide bonds. The number of carbonyl (C=O) groups excluding carboxylic acids is 1. The summed E-state index contributed by atoms with van der Waals surface area (Å²) in [7, 11) is 0. The first kappa shape index (κ1) is 7.19. The molecule has 3 nitrogen and oxygen atoms in total. The van der Waals surface area contributed by atoms with Crippen molar-refractivity contribution in [1.82, 2.24) is 0 Å². The van der Waals surface area contributed by atoms with Crippen LogP contribution in [0.15, 0.2) is 17.3 Å². The largest absolute Gasteiger partial charge is 0.374 e. The Kier molecular flexibility index (Phi) is 2.87. The molecule has 0 aromatic rings. The molecule has 1 aliphatic rings. The number of aliphatic imine (C=N–C) groups is 1. The van der Waals surface area contributed by atoms with E-state index in [1.165, 1.54) is 12.3 Å². The Morgan fingerprint density at radius 1 is 1.70 bits per heavy atom. The average Bonchev–Trinajstić information content (AvgIpc) is 2.41. The third-order valence-corrected chi connectivity index (χ3v) is 1.39. The van der Waals surface area contributed by atoms with Crippen LogP contribution in [0.2, 0.25) is 0 Å². The van der Waals surface area contributed by atoms with Crippen LogP contribution in [0.25, 0.3) is 0 Å². The summed E-state index contributed by atoms with van der Waals surface area (Å²) in [6, 6.07) is 0. The molecule has 0 N–H and O–H groups in total. The standard InChI is InChI=1S/C7H9NO2/c9-6-8-4-3-7-2-1-5-10-7/h3-4,7H,1-2,5H2/b4-3-. The zero-order valence-corrected chi connectivity index (χ0v) is 5.62. The van der Waals surface area contributed by atoms with E-state index in [9.17, 15) is 4.79 Å². The molecule has 0 saturated carbocycles. The van der Waals surface area contributed by atoms with Gasteiger partial charge in [-0.25, -0.2) is 4.79 Å². The minimum absolute atomic E-state index is 0.164. The van der Waals surface area contributed by atoms with Crippen molar-refractivity contribution in [3.63, 3.8) is 0 Å². The van der Waals surface area contributed by atoms with Crippen molar-refractivity contribution in [3.8, 4) is 0 Å². The van der Waals surface area contributed by atoms with Crippen molar-refractivity contribution in [2.75, 3.05) is 6.61 Å². The number of ether oxygens (including phenoxy) is 1. The fraction of sp³-hybridized carbons (Fsp3) is 0.571. The van der Waals surface area contributed by atoms with Crippen LogP contribution in [0.3, 0.4) is 0 Å². The molecular weight excluding hydrogens is 130 g/mol. The zero-order valence-electron chi connectivity index (χ0n) is 5.62. The molecule has 0 aromatic heterocycles. The summed E-state index contributed by atoms with van der Waals surface area (Å²) in [5.74, 6) is 0. The van der Waals surface area contributed by atoms with Crippen LogP contribution in [0.1, 0.15) is 12.8 Å². The molecule has 3 heteroatoms. The average molecular weight is 139 g/mol. The van der Waals surface area contributed by atoms with E-state index in [1.54, 1.807) is 6.08 Å². The van der Waals surface area contributed by atoms with E-state index in [2.05, 4.69) is 4.99 Å². The fourth-order valence-electron chi connectivity index (χ4n) is 0.924. The summed E-state index contributed by atoms with van der Waals surface area (Å²) in [5, 5.41) is 0. The Morgan fingerprint density at radius 3 is 3.20 bits per heavy atom. The van der Waals surface area contributed by atoms with Gasteiger partial charge in [-0.1, -0.05) is 0 Å². The highest BCUT2D eigenvalue weighted by molar-refractivity contribution is 5.34. The summed E-state index contributed by atoms with van der Waals surface area (Å²) in [6.45, 7) is 0.819. The van der Waals surface area contributed by atoms with Gasteiger partial charge in [-0.05, 0) is 18.9 Å². The van der Waals surface area contributed by atoms with Gasteiger partial charge in [0.25, 0.3) is 0 Å². The van der Waals surface area contributed by atoms with E-state index in [4.69, 9.17) is 4.74 Å². The molecule has 54 valence electrons. The lowest BCUT2D eigenvalue weighted by molar-refractivity contribution is 0.145. The summed E-state index contributed by atoms with van der Waals surface area (Å²) >= 11 is 0. The highest BCUT2D eigenvalue weighted by Crippen LogP contribution is 2.12. The molecule has 1 aliphatic heterocycles. The molecule has 1 fully saturated rings. The van der Waals surface area contributed by atoms with Crippen molar-refractivity contribution in [2.24, 2.45) is 4.99 Å². The molecule has 1 rings (SSSR count). The van der Waals surface area contributed by atoms with Gasteiger partial charge >= 0.3 is 0 Å². The second kappa shape index (κ2) is 3.99. The third-order valence-electron chi connectivity index (χ3n) is 1.39. The van der Waals surface area contributed by atoms with Crippen LogP contribution in [0, 0.1) is 0 Å². The first-order chi connectivity index (χ1) is 4.93. The molecule has 0 bridgehead atoms. The molecule has 0 spiro atoms. The van der Waals surface area contributed by atoms with Crippen LogP contribution >= 0.6 is 0 Å². The Labute approximate surface area is 59.4 Å². The molecular formula is C7H9NO2. The predicted octanol–water partition coefficient (Wildman–Crippen LogP) is 1.01. The lowest BCUT2D eigenvalue weighted by atomic mass is 10.2. The minimum Gasteiger partial charge on any atom is -0.374 e. The van der Waals surface area contributed by atoms with Gasteiger partial charge in [-0.15, -0.1) is 0 Å². The Bertz CT molecular complexity index is 164. The zero-order chi connectivity index (χ0) is 7.23. The van der Waals surface area contributed by atoms with E-state index in [-0.39, 0.29) is 6.10 Å². The number of nitrogens with zero attached hydrogens (tertiary/aromatic N) is 1. The minimum atomic E-state index is 0.164. The number of rotatable bonds is 2. The van der Waals surface area contributed by atoms with Crippen molar-refractivity contribution < 1.29 is 9.53 Å². The lowest BCUT2D eigenvalue weighted by Crippen LogP contribution is -1.97. The Morgan fingerprint density at radius 2 is 2.60 bits per heavy atom. The van der Waals surface area contributed by atoms with Gasteiger partial charge in [-0.3, -0.25) is 0 Å². The summed E-state index contributed by atoms with van der Waals surface area (Å²) in [5.41, 5.74) is 0. The third kappa shape index (κ3) is 2.13. The Balaban J connectivity index is 2.29. The van der Waals surface area contributed by atoms with E-state index in [0.717, 1.165) is 19.4 Å². The maximum absolute atomic E-state index is 9.59. The first-order valence-corrected chi connectivity index (χ1v) is 3.29. The summed E-state index contributed by atoms with van der Waals surface area (Å²) in [6.07, 6.45) is 6.93. The molecule has 1 heterocycles. The highest BCUT2D eigenvalue weighted by Gasteiger charge is 2.10. The molecule has 10 heavy (non-hydrogen) atoms. The fourth-order valence-corrected chi connectivity index (χ4v) is 0.924. The van der Waals surface area contributed by atoms with Crippen LogP contribution in [0.4, 0.5) is 0 Å². The van der Waals surface area contributed by atoms with Crippen LogP contribution in [-0.4, -0.2) is 18.8 Å². The monoisotopic (exact) mass is 139 g/mol. The molecule has 1 unspecified atom stereocenters. The van der Waals surface area contributed by atoms with E-state index >= 15 is 0 Å². The van der Waals surface area contributed by atoms with Crippen molar-refractivity contribution in [3.05, 3.63) is 12.3 Å². The van der Waals surface area contributed by atoms with Gasteiger partial charge in [0.2, 0.25) is 6.08 Å². The van der Waals surface area contributed by atoms with Crippen LogP contribution in [0.5, 0.6) is 0 Å². The maximum atomic E-state index is 9.59. The first-order valence-electron chi connectivity index (χ1n) is 3.29. The van der Waals surface area contributed by atoms with Crippen LogP contribution < -0.4 is 0 Å². The maximum Gasteiger partial charge on any atom is 0.239 e. The summed E-state index contributed by atoms with van der Waals surface area (Å²) in [4.78, 5) is 12.9. The number of hydrogen-bond acceptors (Lipinski definition) is 3. The number of isocyanates is 1. The van der Waals surface area contributed by atoms with Crippen molar-refractivity contribution >= 4 is 6.08 Å². The van der Waals surface area contributed by atoms with E-state index in [0.29, 0.717) is 0 Å². The van der Waals surface area contributed by atoms with Gasteiger partial charge in [0.1, 0.15) is 0 Å². The smallest absolute Gasteiger partial charge is 0.239 e. The van der Waals surface area contributed by atoms with E-state index < -0.39 is 0 Å². The number of hydrogen-bond donors (Lipinski definition) is 0. The quantitative estimate of drug-likeness (QED) is 0.423. The second-order valence-corrected chi connectivity index (χ2v) is 2.11. The highest BCUT2D eigenvalue weighted by atomic mass is 16.5. The van der Waals surface area contributed by atoms with Gasteiger partial charge in [0, 0.05) is 12.8 Å². The predicted molar refractivity (Wildman–Crippen MR) is 36.2 cm³/mol. The molecule has 1 atom stereocenters. The van der Waals surface area contributed by atoms with Gasteiger partial charge in [-0.2, -0.15) is 4.99 Å². The lowest BCUT2D eigenvalue weighted by Gasteiger charge is -1.98. The second-order valence-electron chi connectivity index (χ2n) is 2.11. The SMILES string of the molecule is O=C=N/C=C\C1CCCO1. The summed E-state index contributed by atoms with van der Waals surface area (Å²) < 4.78 is 5.22.